The van der Waals surface area contributed by atoms with Gasteiger partial charge in [0.25, 0.3) is 5.91 Å². The number of carboxylic acids is 1. The van der Waals surface area contributed by atoms with Gasteiger partial charge in [-0.25, -0.2) is 9.59 Å². The summed E-state index contributed by atoms with van der Waals surface area (Å²) < 4.78 is 0. The maximum atomic E-state index is 12.2. The topological polar surface area (TPSA) is 77.9 Å². The van der Waals surface area contributed by atoms with Gasteiger partial charge in [-0.3, -0.25) is 14.6 Å². The number of benzene rings is 1. The molecule has 1 aliphatic rings. The first kappa shape index (κ1) is 14.6. The third kappa shape index (κ3) is 3.03. The highest BCUT2D eigenvalue weighted by Crippen LogP contribution is 2.22. The van der Waals surface area contributed by atoms with Gasteiger partial charge in [0.05, 0.1) is 5.56 Å². The summed E-state index contributed by atoms with van der Waals surface area (Å²) in [6.45, 7) is 1.85. The van der Waals surface area contributed by atoms with Crippen molar-refractivity contribution in [2.24, 2.45) is 0 Å². The summed E-state index contributed by atoms with van der Waals surface area (Å²) in [6, 6.07) is 5.51. The smallest absolute Gasteiger partial charge is 0.335 e. The molecule has 6 nitrogen and oxygen atoms in total. The zero-order chi connectivity index (χ0) is 15.4. The number of nitrogens with zero attached hydrogens (tertiary/aromatic N) is 2. The number of hydrogen-bond acceptors (Lipinski definition) is 3. The summed E-state index contributed by atoms with van der Waals surface area (Å²) in [4.78, 5) is 37.5. The molecule has 1 aromatic carbocycles. The van der Waals surface area contributed by atoms with Gasteiger partial charge in [-0.2, -0.15) is 0 Å². The SMILES string of the molecule is CC#CCCN1C(=O)CN(c2cccc(C(=O)O)c2)C1=O. The fraction of sp³-hybridized carbons (Fsp3) is 0.267. The van der Waals surface area contributed by atoms with E-state index in [4.69, 9.17) is 5.11 Å². The van der Waals surface area contributed by atoms with E-state index in [0.717, 1.165) is 4.90 Å². The summed E-state index contributed by atoms with van der Waals surface area (Å²) in [5, 5.41) is 8.97. The standard InChI is InChI=1S/C15H14N2O4/c1-2-3-4-8-16-13(18)10-17(15(16)21)12-7-5-6-11(9-12)14(19)20/h5-7,9H,4,8,10H2,1H3,(H,19,20). The lowest BCUT2D eigenvalue weighted by Crippen LogP contribution is -2.33. The number of hydrogen-bond donors (Lipinski definition) is 1. The quantitative estimate of drug-likeness (QED) is 0.673. The molecule has 1 heterocycles. The first-order valence-corrected chi connectivity index (χ1v) is 6.39. The van der Waals surface area contributed by atoms with E-state index in [2.05, 4.69) is 11.8 Å². The summed E-state index contributed by atoms with van der Waals surface area (Å²) in [7, 11) is 0. The van der Waals surface area contributed by atoms with E-state index < -0.39 is 12.0 Å². The molecule has 1 fully saturated rings. The van der Waals surface area contributed by atoms with Crippen molar-refractivity contribution in [1.82, 2.24) is 4.90 Å². The number of carboxylic acid groups (broad SMARTS) is 1. The Morgan fingerprint density at radius 1 is 1.38 bits per heavy atom. The summed E-state index contributed by atoms with van der Waals surface area (Å²) >= 11 is 0. The van der Waals surface area contributed by atoms with Crippen molar-refractivity contribution < 1.29 is 19.5 Å². The molecule has 1 aliphatic heterocycles. The second-order valence-electron chi connectivity index (χ2n) is 4.45. The Hall–Kier alpha value is -2.81. The lowest BCUT2D eigenvalue weighted by molar-refractivity contribution is -0.124. The van der Waals surface area contributed by atoms with Crippen molar-refractivity contribution in [3.8, 4) is 11.8 Å². The molecule has 6 heteroatoms. The van der Waals surface area contributed by atoms with E-state index in [-0.39, 0.29) is 24.6 Å². The molecule has 1 aromatic rings. The van der Waals surface area contributed by atoms with Gasteiger partial charge in [-0.1, -0.05) is 6.07 Å². The van der Waals surface area contributed by atoms with E-state index in [9.17, 15) is 14.4 Å². The molecule has 2 rings (SSSR count). The Kier molecular flexibility index (Phi) is 4.24. The Bertz CT molecular complexity index is 657. The van der Waals surface area contributed by atoms with Crippen LogP contribution in [-0.4, -0.2) is 41.0 Å². The highest BCUT2D eigenvalue weighted by atomic mass is 16.4. The summed E-state index contributed by atoms with van der Waals surface area (Å²) in [6.07, 6.45) is 0.428. The third-order valence-electron chi connectivity index (χ3n) is 3.10. The van der Waals surface area contributed by atoms with Crippen LogP contribution in [0.2, 0.25) is 0 Å². The number of imide groups is 1. The molecule has 0 atom stereocenters. The largest absolute Gasteiger partial charge is 0.478 e. The van der Waals surface area contributed by atoms with Crippen LogP contribution >= 0.6 is 0 Å². The molecule has 0 aliphatic carbocycles. The van der Waals surface area contributed by atoms with E-state index in [0.29, 0.717) is 12.1 Å². The zero-order valence-corrected chi connectivity index (χ0v) is 11.5. The fourth-order valence-corrected chi connectivity index (χ4v) is 2.06. The van der Waals surface area contributed by atoms with Gasteiger partial charge < -0.3 is 5.11 Å². The van der Waals surface area contributed by atoms with Gasteiger partial charge >= 0.3 is 12.0 Å². The van der Waals surface area contributed by atoms with Crippen LogP contribution in [0, 0.1) is 11.8 Å². The van der Waals surface area contributed by atoms with Crippen LogP contribution in [0.25, 0.3) is 0 Å². The van der Waals surface area contributed by atoms with Gasteiger partial charge in [-0.15, -0.1) is 11.8 Å². The highest BCUT2D eigenvalue weighted by Gasteiger charge is 2.36. The van der Waals surface area contributed by atoms with Crippen LogP contribution in [0.4, 0.5) is 10.5 Å². The predicted octanol–water partition coefficient (Wildman–Crippen LogP) is 1.57. The average molecular weight is 286 g/mol. The molecule has 1 saturated heterocycles. The highest BCUT2D eigenvalue weighted by molar-refractivity contribution is 6.12. The average Bonchev–Trinajstić information content (AvgIpc) is 2.75. The van der Waals surface area contributed by atoms with Crippen LogP contribution < -0.4 is 4.90 Å². The van der Waals surface area contributed by atoms with Crippen LogP contribution in [0.3, 0.4) is 0 Å². The summed E-state index contributed by atoms with van der Waals surface area (Å²) in [5.41, 5.74) is 0.473. The number of urea groups is 1. The molecule has 0 saturated carbocycles. The van der Waals surface area contributed by atoms with Crippen molar-refractivity contribution >= 4 is 23.6 Å². The molecule has 0 bridgehead atoms. The number of anilines is 1. The first-order valence-electron chi connectivity index (χ1n) is 6.39. The minimum Gasteiger partial charge on any atom is -0.478 e. The van der Waals surface area contributed by atoms with Crippen LogP contribution in [0.1, 0.15) is 23.7 Å². The molecule has 0 unspecified atom stereocenters. The molecule has 0 aromatic heterocycles. The molecule has 0 spiro atoms. The fourth-order valence-electron chi connectivity index (χ4n) is 2.06. The van der Waals surface area contributed by atoms with E-state index >= 15 is 0 Å². The van der Waals surface area contributed by atoms with Gasteiger partial charge in [0.2, 0.25) is 0 Å². The predicted molar refractivity (Wildman–Crippen MR) is 75.9 cm³/mol. The number of carbonyl (C=O) groups excluding carboxylic acids is 2. The first-order chi connectivity index (χ1) is 10.0. The van der Waals surface area contributed by atoms with Gasteiger partial charge in [0.1, 0.15) is 6.54 Å². The Balaban J connectivity index is 2.19. The van der Waals surface area contributed by atoms with Gasteiger partial charge in [0.15, 0.2) is 0 Å². The van der Waals surface area contributed by atoms with Crippen molar-refractivity contribution in [2.45, 2.75) is 13.3 Å². The minimum atomic E-state index is -1.08. The van der Waals surface area contributed by atoms with Crippen LogP contribution in [0.5, 0.6) is 0 Å². The summed E-state index contributed by atoms with van der Waals surface area (Å²) in [5.74, 6) is 4.12. The zero-order valence-electron chi connectivity index (χ0n) is 11.5. The third-order valence-corrected chi connectivity index (χ3v) is 3.10. The van der Waals surface area contributed by atoms with E-state index in [1.807, 2.05) is 0 Å². The molecule has 3 amide bonds. The Morgan fingerprint density at radius 3 is 2.81 bits per heavy atom. The Morgan fingerprint density at radius 2 is 2.14 bits per heavy atom. The van der Waals surface area contributed by atoms with Crippen molar-refractivity contribution in [3.05, 3.63) is 29.8 Å². The normalized spacial score (nSPS) is 14.1. The van der Waals surface area contributed by atoms with Crippen molar-refractivity contribution in [1.29, 1.82) is 0 Å². The Labute approximate surface area is 122 Å². The van der Waals surface area contributed by atoms with Gasteiger partial charge in [-0.05, 0) is 25.1 Å². The monoisotopic (exact) mass is 286 g/mol. The molecule has 1 N–H and O–H groups in total. The number of aromatic carboxylic acids is 1. The molecule has 108 valence electrons. The van der Waals surface area contributed by atoms with E-state index in [1.165, 1.54) is 17.0 Å². The second kappa shape index (κ2) is 6.09. The minimum absolute atomic E-state index is 0.0723. The van der Waals surface area contributed by atoms with Crippen LogP contribution in [0.15, 0.2) is 24.3 Å². The lowest BCUT2D eigenvalue weighted by Gasteiger charge is -2.16. The molecular formula is C15H14N2O4. The maximum absolute atomic E-state index is 12.2. The molecule has 21 heavy (non-hydrogen) atoms. The van der Waals surface area contributed by atoms with E-state index in [1.54, 1.807) is 19.1 Å². The number of carbonyl (C=O) groups is 3. The number of amides is 3. The second-order valence-corrected chi connectivity index (χ2v) is 4.45. The molecule has 0 radical (unpaired) electrons. The lowest BCUT2D eigenvalue weighted by atomic mass is 10.2. The maximum Gasteiger partial charge on any atom is 0.335 e. The number of rotatable bonds is 4. The molecular weight excluding hydrogens is 272 g/mol. The van der Waals surface area contributed by atoms with Crippen LogP contribution in [-0.2, 0) is 4.79 Å². The van der Waals surface area contributed by atoms with Gasteiger partial charge in [0, 0.05) is 18.7 Å². The van der Waals surface area contributed by atoms with Crippen molar-refractivity contribution in [2.75, 3.05) is 18.0 Å². The van der Waals surface area contributed by atoms with Crippen molar-refractivity contribution in [3.63, 3.8) is 0 Å².